The van der Waals surface area contributed by atoms with Gasteiger partial charge in [-0.1, -0.05) is 5.92 Å². The van der Waals surface area contributed by atoms with Gasteiger partial charge in [0.1, 0.15) is 18.5 Å². The van der Waals surface area contributed by atoms with Crippen molar-refractivity contribution < 1.29 is 20.1 Å². The molecule has 2 rings (SSSR count). The summed E-state index contributed by atoms with van der Waals surface area (Å²) in [6.07, 6.45) is -4.35. The number of nitrogens with one attached hydrogen (secondary N) is 1. The average Bonchev–Trinajstić information content (AvgIpc) is 2.64. The Morgan fingerprint density at radius 2 is 2.24 bits per heavy atom. The van der Waals surface area contributed by atoms with Gasteiger partial charge in [-0.25, -0.2) is 9.59 Å². The summed E-state index contributed by atoms with van der Waals surface area (Å²) < 4.78 is 6.16. The Labute approximate surface area is 118 Å². The average molecular weight is 297 g/mol. The van der Waals surface area contributed by atoms with Crippen LogP contribution >= 0.6 is 0 Å². The van der Waals surface area contributed by atoms with Crippen molar-refractivity contribution >= 4 is 0 Å². The Morgan fingerprint density at radius 1 is 1.57 bits per heavy atom. The lowest BCUT2D eigenvalue weighted by atomic mass is 9.93. The van der Waals surface area contributed by atoms with E-state index >= 15 is 0 Å². The molecule has 1 saturated heterocycles. The maximum absolute atomic E-state index is 11.8. The van der Waals surface area contributed by atoms with Gasteiger partial charge in [-0.3, -0.25) is 9.55 Å². The molecule has 1 aliphatic heterocycles. The van der Waals surface area contributed by atoms with E-state index in [1.165, 1.54) is 13.8 Å². The molecule has 1 unspecified atom stereocenters. The van der Waals surface area contributed by atoms with Gasteiger partial charge in [0.05, 0.1) is 6.10 Å². The number of hydrogen-bond acceptors (Lipinski definition) is 7. The zero-order valence-corrected chi connectivity index (χ0v) is 11.3. The fraction of sp³-hybridized carbons (Fsp3) is 0.583. The second-order valence-corrected chi connectivity index (χ2v) is 4.73. The normalized spacial score (nSPS) is 33.3. The Hall–Kier alpha value is -1.99. The largest absolute Gasteiger partial charge is 0.391 e. The summed E-state index contributed by atoms with van der Waals surface area (Å²) in [4.78, 5) is 28.1. The Bertz CT molecular complexity index is 699. The third-order valence-electron chi connectivity index (χ3n) is 3.23. The molecular weight excluding hydrogens is 282 g/mol. The van der Waals surface area contributed by atoms with Crippen molar-refractivity contribution in [1.82, 2.24) is 14.5 Å². The van der Waals surface area contributed by atoms with E-state index in [1.807, 2.05) is 4.98 Å². The zero-order valence-electron chi connectivity index (χ0n) is 11.3. The van der Waals surface area contributed by atoms with E-state index in [9.17, 15) is 24.9 Å². The number of aromatic amines is 1. The van der Waals surface area contributed by atoms with Crippen LogP contribution in [0.25, 0.3) is 0 Å². The van der Waals surface area contributed by atoms with E-state index in [1.54, 1.807) is 0 Å². The first kappa shape index (κ1) is 15.4. The van der Waals surface area contributed by atoms with Crippen molar-refractivity contribution in [2.45, 2.75) is 44.0 Å². The Kier molecular flexibility index (Phi) is 3.97. The predicted octanol–water partition coefficient (Wildman–Crippen LogP) is -2.67. The van der Waals surface area contributed by atoms with Crippen LogP contribution in [0.4, 0.5) is 0 Å². The maximum atomic E-state index is 11.8. The number of aliphatic hydroxyl groups excluding tert-OH is 2. The number of H-pyrrole nitrogens is 1. The van der Waals surface area contributed by atoms with E-state index in [0.717, 1.165) is 10.9 Å². The predicted molar refractivity (Wildman–Crippen MR) is 69.1 cm³/mol. The highest BCUT2D eigenvalue weighted by atomic mass is 16.6. The van der Waals surface area contributed by atoms with Gasteiger partial charge in [-0.15, -0.1) is 5.92 Å². The van der Waals surface area contributed by atoms with E-state index in [4.69, 9.17) is 4.74 Å². The van der Waals surface area contributed by atoms with Gasteiger partial charge in [-0.05, 0) is 13.8 Å². The smallest absolute Gasteiger partial charge is 0.350 e. The molecule has 0 saturated carbocycles. The summed E-state index contributed by atoms with van der Waals surface area (Å²) in [7, 11) is 0. The lowest BCUT2D eigenvalue weighted by Crippen LogP contribution is -2.49. The number of aromatic nitrogens is 3. The first-order valence-electron chi connectivity index (χ1n) is 6.16. The van der Waals surface area contributed by atoms with Crippen LogP contribution < -0.4 is 11.4 Å². The SMILES string of the molecule is CC#C[C@@]1(O)C(O)[C@@H]([C@@H](C)O)O[C@H]1n1cnc(=O)[nH]c1=O. The van der Waals surface area contributed by atoms with Crippen LogP contribution in [0.3, 0.4) is 0 Å². The number of ether oxygens (including phenoxy) is 1. The summed E-state index contributed by atoms with van der Waals surface area (Å²) >= 11 is 0. The quantitative estimate of drug-likeness (QED) is 0.437. The van der Waals surface area contributed by atoms with Gasteiger partial charge < -0.3 is 20.1 Å². The van der Waals surface area contributed by atoms with Crippen LogP contribution in [0.5, 0.6) is 0 Å². The molecule has 1 aliphatic rings. The number of aliphatic hydroxyl groups is 3. The highest BCUT2D eigenvalue weighted by Crippen LogP contribution is 2.38. The van der Waals surface area contributed by atoms with Crippen molar-refractivity contribution in [2.24, 2.45) is 0 Å². The summed E-state index contributed by atoms with van der Waals surface area (Å²) in [6.45, 7) is 2.80. The van der Waals surface area contributed by atoms with Crippen LogP contribution in [0.2, 0.25) is 0 Å². The van der Waals surface area contributed by atoms with Gasteiger partial charge in [0.25, 0.3) is 0 Å². The van der Waals surface area contributed by atoms with E-state index in [0.29, 0.717) is 0 Å². The van der Waals surface area contributed by atoms with E-state index in [2.05, 4.69) is 16.8 Å². The standard InChI is InChI=1S/C12H15N3O6/c1-3-4-12(20)8(17)7(6(2)16)21-9(12)15-5-13-10(18)14-11(15)19/h5-9,16-17,20H,1-2H3,(H,14,18,19)/t6-,7-,8?,9-,12-/m1/s1. The Balaban J connectivity index is 2.56. The molecule has 1 fully saturated rings. The third-order valence-corrected chi connectivity index (χ3v) is 3.23. The third kappa shape index (κ3) is 2.50. The molecule has 0 aromatic carbocycles. The van der Waals surface area contributed by atoms with Crippen LogP contribution in [-0.4, -0.2) is 53.8 Å². The van der Waals surface area contributed by atoms with Crippen molar-refractivity contribution in [2.75, 3.05) is 0 Å². The summed E-state index contributed by atoms with van der Waals surface area (Å²) in [5, 5.41) is 30.3. The van der Waals surface area contributed by atoms with Crippen molar-refractivity contribution in [3.05, 3.63) is 27.3 Å². The number of rotatable bonds is 2. The van der Waals surface area contributed by atoms with E-state index < -0.39 is 41.5 Å². The minimum absolute atomic E-state index is 0.803. The highest BCUT2D eigenvalue weighted by Gasteiger charge is 2.57. The monoisotopic (exact) mass is 297 g/mol. The van der Waals surface area contributed by atoms with Crippen LogP contribution in [0.15, 0.2) is 15.9 Å². The molecule has 21 heavy (non-hydrogen) atoms. The second-order valence-electron chi connectivity index (χ2n) is 4.73. The molecule has 114 valence electrons. The second kappa shape index (κ2) is 5.42. The fourth-order valence-corrected chi connectivity index (χ4v) is 2.24. The fourth-order valence-electron chi connectivity index (χ4n) is 2.24. The molecule has 2 heterocycles. The minimum Gasteiger partial charge on any atom is -0.391 e. The van der Waals surface area contributed by atoms with Gasteiger partial charge in [0, 0.05) is 0 Å². The Morgan fingerprint density at radius 3 is 2.76 bits per heavy atom. The molecule has 0 radical (unpaired) electrons. The first-order valence-corrected chi connectivity index (χ1v) is 6.16. The van der Waals surface area contributed by atoms with Crippen molar-refractivity contribution in [3.63, 3.8) is 0 Å². The van der Waals surface area contributed by atoms with Gasteiger partial charge >= 0.3 is 11.4 Å². The van der Waals surface area contributed by atoms with E-state index in [-0.39, 0.29) is 0 Å². The van der Waals surface area contributed by atoms with Crippen LogP contribution in [0.1, 0.15) is 20.1 Å². The number of nitrogens with zero attached hydrogens (tertiary/aromatic N) is 2. The molecule has 9 heteroatoms. The molecule has 0 aliphatic carbocycles. The summed E-state index contributed by atoms with van der Waals surface area (Å²) in [6, 6.07) is 0. The van der Waals surface area contributed by atoms with Gasteiger partial charge in [0.15, 0.2) is 11.8 Å². The summed E-state index contributed by atoms with van der Waals surface area (Å²) in [5.41, 5.74) is -3.86. The van der Waals surface area contributed by atoms with Crippen LogP contribution in [-0.2, 0) is 4.74 Å². The lowest BCUT2D eigenvalue weighted by Gasteiger charge is -2.26. The molecular formula is C12H15N3O6. The highest BCUT2D eigenvalue weighted by molar-refractivity contribution is 5.22. The molecule has 4 N–H and O–H groups in total. The molecule has 1 aromatic rings. The lowest BCUT2D eigenvalue weighted by molar-refractivity contribution is -0.0889. The molecule has 0 spiro atoms. The van der Waals surface area contributed by atoms with Crippen molar-refractivity contribution in [3.8, 4) is 11.8 Å². The molecule has 0 amide bonds. The van der Waals surface area contributed by atoms with Gasteiger partial charge in [0.2, 0.25) is 0 Å². The van der Waals surface area contributed by atoms with Gasteiger partial charge in [-0.2, -0.15) is 4.98 Å². The molecule has 0 bridgehead atoms. The minimum atomic E-state index is -2.12. The molecule has 5 atom stereocenters. The topological polar surface area (TPSA) is 138 Å². The molecule has 9 nitrogen and oxygen atoms in total. The summed E-state index contributed by atoms with van der Waals surface area (Å²) in [5.74, 6) is 4.83. The number of hydrogen-bond donors (Lipinski definition) is 4. The molecule has 1 aromatic heterocycles. The van der Waals surface area contributed by atoms with Crippen molar-refractivity contribution in [1.29, 1.82) is 0 Å². The maximum Gasteiger partial charge on any atom is 0.350 e. The zero-order chi connectivity index (χ0) is 15.8. The van der Waals surface area contributed by atoms with Crippen LogP contribution in [0, 0.1) is 11.8 Å². The first-order chi connectivity index (χ1) is 9.81.